The molecule has 0 aromatic heterocycles. The fraction of sp³-hybridized carbons (Fsp3) is 0.600. The Morgan fingerprint density at radius 3 is 1.13 bits per heavy atom. The van der Waals surface area contributed by atoms with Crippen LogP contribution in [0, 0.1) is 0 Å². The second kappa shape index (κ2) is 54.7. The van der Waals surface area contributed by atoms with Gasteiger partial charge in [-0.05, 0) is 122 Å². The van der Waals surface area contributed by atoms with E-state index in [2.05, 4.69) is 160 Å². The van der Waals surface area contributed by atoms with Crippen molar-refractivity contribution in [3.8, 4) is 0 Å². The largest absolute Gasteiger partial charge is 0.756 e. The van der Waals surface area contributed by atoms with Crippen LogP contribution in [0.15, 0.2) is 146 Å². The normalized spacial score (nSPS) is 14.4. The number of esters is 2. The maximum Gasteiger partial charge on any atom is 0.306 e. The number of carbonyl (C=O) groups excluding carboxylic acids is 2. The molecule has 0 saturated carbocycles. The summed E-state index contributed by atoms with van der Waals surface area (Å²) in [5.41, 5.74) is 0. The summed E-state index contributed by atoms with van der Waals surface area (Å²) in [7, 11) is 1.12. The van der Waals surface area contributed by atoms with Gasteiger partial charge in [-0.1, -0.05) is 211 Å². The first-order valence-corrected chi connectivity index (χ1v) is 30.5. The van der Waals surface area contributed by atoms with E-state index in [4.69, 9.17) is 18.5 Å². The zero-order valence-corrected chi connectivity index (χ0v) is 48.8. The molecule has 0 radical (unpaired) electrons. The van der Waals surface area contributed by atoms with E-state index in [1.807, 2.05) is 21.1 Å². The van der Waals surface area contributed by atoms with Gasteiger partial charge in [0.05, 0.1) is 27.7 Å². The van der Waals surface area contributed by atoms with Crippen molar-refractivity contribution in [1.82, 2.24) is 0 Å². The predicted octanol–water partition coefficient (Wildman–Crippen LogP) is 17.7. The molecule has 0 spiro atoms. The minimum atomic E-state index is -4.66. The van der Waals surface area contributed by atoms with E-state index in [-0.39, 0.29) is 26.1 Å². The number of quaternary nitrogens is 1. The number of carbonyl (C=O) groups is 2. The van der Waals surface area contributed by atoms with Crippen LogP contribution in [0.3, 0.4) is 0 Å². The summed E-state index contributed by atoms with van der Waals surface area (Å²) >= 11 is 0. The Morgan fingerprint density at radius 2 is 0.760 bits per heavy atom. The summed E-state index contributed by atoms with van der Waals surface area (Å²) in [5.74, 6) is -0.891. The number of hydrogen-bond donors (Lipinski definition) is 0. The Balaban J connectivity index is 4.27. The summed E-state index contributed by atoms with van der Waals surface area (Å²) in [5, 5.41) is 0. The van der Waals surface area contributed by atoms with Crippen LogP contribution in [0.1, 0.15) is 200 Å². The van der Waals surface area contributed by atoms with Gasteiger partial charge < -0.3 is 27.9 Å². The predicted molar refractivity (Wildman–Crippen MR) is 318 cm³/mol. The van der Waals surface area contributed by atoms with Crippen LogP contribution in [0.4, 0.5) is 0 Å². The van der Waals surface area contributed by atoms with Gasteiger partial charge in [0.2, 0.25) is 0 Å². The third-order valence-corrected chi connectivity index (χ3v) is 12.6. The van der Waals surface area contributed by atoms with Gasteiger partial charge in [0.15, 0.2) is 6.10 Å². The van der Waals surface area contributed by atoms with E-state index in [9.17, 15) is 19.0 Å². The van der Waals surface area contributed by atoms with Crippen molar-refractivity contribution >= 4 is 19.8 Å². The lowest BCUT2D eigenvalue weighted by Crippen LogP contribution is -2.37. The van der Waals surface area contributed by atoms with E-state index >= 15 is 0 Å². The van der Waals surface area contributed by atoms with Crippen LogP contribution in [-0.2, 0) is 32.7 Å². The SMILES string of the molecule is CC/C=C\C/C=C\C/C=C\C/C=C\C/C=C\C/C=C\C/C=C\C/C=C\C/C=C\C/C=C\CCCCCCC(=O)OC(COC(=O)CCCCCCC/C=C\C/C=C\CCCCCC)COP(=O)([O-])OCC[N+](C)(C)C. The van der Waals surface area contributed by atoms with Crippen molar-refractivity contribution in [3.05, 3.63) is 146 Å². The molecule has 424 valence electrons. The second-order valence-corrected chi connectivity index (χ2v) is 21.3. The lowest BCUT2D eigenvalue weighted by Gasteiger charge is -2.28. The second-order valence-electron chi connectivity index (χ2n) is 19.9. The number of rotatable bonds is 51. The van der Waals surface area contributed by atoms with Crippen LogP contribution in [0.25, 0.3) is 0 Å². The third-order valence-electron chi connectivity index (χ3n) is 11.6. The number of nitrogens with zero attached hydrogens (tertiary/aromatic N) is 1. The highest BCUT2D eigenvalue weighted by atomic mass is 31.2. The Morgan fingerprint density at radius 1 is 0.427 bits per heavy atom. The van der Waals surface area contributed by atoms with Crippen molar-refractivity contribution in [1.29, 1.82) is 0 Å². The zero-order chi connectivity index (χ0) is 54.9. The average Bonchev–Trinajstić information content (AvgIpc) is 3.37. The third kappa shape index (κ3) is 59.0. The van der Waals surface area contributed by atoms with Gasteiger partial charge in [0.25, 0.3) is 7.82 Å². The molecule has 0 aliphatic rings. The topological polar surface area (TPSA) is 111 Å². The molecule has 0 rings (SSSR count). The van der Waals surface area contributed by atoms with E-state index in [1.165, 1.54) is 32.1 Å². The van der Waals surface area contributed by atoms with Crippen LogP contribution in [0.2, 0.25) is 0 Å². The standard InChI is InChI=1S/C65H106NO8P/c1-6-8-10-12-14-16-18-20-22-24-25-26-27-28-29-30-31-32-33-34-35-36-37-38-39-40-41-42-44-46-48-50-52-54-56-58-65(68)74-63(62-73-75(69,70)72-60-59-66(3,4)5)61-71-64(67)57-55-53-51-49-47-45-43-23-21-19-17-15-13-11-9-7-2/h8,10,14,16-17,19-20,22-23,25-26,28-29,31-32,34-35,37-38,40-41,43-44,46,63H,6-7,9,11-13,15,18,21,24,27,30,33,36,39,42,45,47-62H2,1-5H3/b10-8-,16-14-,19-17-,22-20-,26-25-,29-28-,32-31-,35-34-,38-37-,41-40-,43-23-,46-44-. The van der Waals surface area contributed by atoms with E-state index in [1.54, 1.807) is 0 Å². The number of likely N-dealkylation sites (N-methyl/N-ethyl adjacent to an activating group) is 1. The molecule has 0 N–H and O–H groups in total. The molecule has 0 aromatic rings. The fourth-order valence-corrected chi connectivity index (χ4v) is 7.85. The van der Waals surface area contributed by atoms with Crippen LogP contribution in [-0.4, -0.2) is 70.0 Å². The first kappa shape index (κ1) is 70.9. The maximum absolute atomic E-state index is 12.8. The number of allylic oxidation sites excluding steroid dienone is 24. The molecular weight excluding hydrogens is 954 g/mol. The van der Waals surface area contributed by atoms with Gasteiger partial charge >= 0.3 is 11.9 Å². The number of hydrogen-bond acceptors (Lipinski definition) is 8. The van der Waals surface area contributed by atoms with Crippen LogP contribution < -0.4 is 4.89 Å². The van der Waals surface area contributed by atoms with Gasteiger partial charge in [0.1, 0.15) is 19.8 Å². The molecule has 75 heavy (non-hydrogen) atoms. The van der Waals surface area contributed by atoms with Crippen molar-refractivity contribution in [2.24, 2.45) is 0 Å². The first-order valence-electron chi connectivity index (χ1n) is 29.0. The quantitative estimate of drug-likeness (QED) is 0.0195. The molecule has 0 aromatic carbocycles. The Kier molecular flexibility index (Phi) is 51.7. The molecule has 9 nitrogen and oxygen atoms in total. The van der Waals surface area contributed by atoms with E-state index in [0.717, 1.165) is 128 Å². The molecule has 0 aliphatic heterocycles. The molecule has 0 aliphatic carbocycles. The van der Waals surface area contributed by atoms with Crippen molar-refractivity contribution in [3.63, 3.8) is 0 Å². The molecule has 0 bridgehead atoms. The molecule has 10 heteroatoms. The highest BCUT2D eigenvalue weighted by Crippen LogP contribution is 2.38. The molecule has 0 saturated heterocycles. The summed E-state index contributed by atoms with van der Waals surface area (Å²) in [6, 6.07) is 0. The van der Waals surface area contributed by atoms with Crippen molar-refractivity contribution in [2.75, 3.05) is 47.5 Å². The number of unbranched alkanes of at least 4 members (excludes halogenated alkanes) is 13. The van der Waals surface area contributed by atoms with Crippen molar-refractivity contribution < 1.29 is 42.1 Å². The van der Waals surface area contributed by atoms with E-state index < -0.39 is 32.5 Å². The smallest absolute Gasteiger partial charge is 0.306 e. The molecule has 2 unspecified atom stereocenters. The Bertz CT molecular complexity index is 1770. The number of phosphoric ester groups is 1. The highest BCUT2D eigenvalue weighted by Gasteiger charge is 2.21. The van der Waals surface area contributed by atoms with Gasteiger partial charge in [-0.2, -0.15) is 0 Å². The van der Waals surface area contributed by atoms with Crippen LogP contribution in [0.5, 0.6) is 0 Å². The van der Waals surface area contributed by atoms with Gasteiger partial charge in [0, 0.05) is 12.8 Å². The van der Waals surface area contributed by atoms with Gasteiger partial charge in [-0.25, -0.2) is 0 Å². The minimum Gasteiger partial charge on any atom is -0.756 e. The Labute approximate surface area is 459 Å². The summed E-state index contributed by atoms with van der Waals surface area (Å²) in [6.07, 6.45) is 80.4. The molecule has 0 amide bonds. The fourth-order valence-electron chi connectivity index (χ4n) is 7.12. The Hall–Kier alpha value is -4.11. The minimum absolute atomic E-state index is 0.0469. The number of ether oxygens (including phenoxy) is 2. The monoisotopic (exact) mass is 1060 g/mol. The zero-order valence-electron chi connectivity index (χ0n) is 47.9. The van der Waals surface area contributed by atoms with E-state index in [0.29, 0.717) is 23.9 Å². The highest BCUT2D eigenvalue weighted by molar-refractivity contribution is 7.45. The molecule has 0 fully saturated rings. The molecule has 2 atom stereocenters. The van der Waals surface area contributed by atoms with Gasteiger partial charge in [-0.3, -0.25) is 14.2 Å². The maximum atomic E-state index is 12.8. The van der Waals surface area contributed by atoms with Gasteiger partial charge in [-0.15, -0.1) is 0 Å². The lowest BCUT2D eigenvalue weighted by molar-refractivity contribution is -0.870. The van der Waals surface area contributed by atoms with Crippen molar-refractivity contribution in [2.45, 2.75) is 206 Å². The number of phosphoric acid groups is 1. The summed E-state index contributed by atoms with van der Waals surface area (Å²) < 4.78 is 34.1. The molecular formula is C65H106NO8P. The lowest BCUT2D eigenvalue weighted by atomic mass is 10.1. The first-order chi connectivity index (χ1) is 36.5. The average molecular weight is 1060 g/mol. The van der Waals surface area contributed by atoms with Crippen LogP contribution >= 0.6 is 7.82 Å². The summed E-state index contributed by atoms with van der Waals surface area (Å²) in [4.78, 5) is 37.8. The summed E-state index contributed by atoms with van der Waals surface area (Å²) in [6.45, 7) is 4.03. The molecule has 0 heterocycles.